The van der Waals surface area contributed by atoms with Gasteiger partial charge in [-0.1, -0.05) is 34.6 Å². The minimum absolute atomic E-state index is 0.000602. The molecule has 2 saturated heterocycles. The fourth-order valence-corrected chi connectivity index (χ4v) is 14.6. The lowest BCUT2D eigenvalue weighted by atomic mass is 9.41. The first-order chi connectivity index (χ1) is 24.9. The molecule has 310 valence electrons. The number of halogens is 3. The Kier molecular flexibility index (Phi) is 10.1. The van der Waals surface area contributed by atoms with Crippen LogP contribution in [-0.4, -0.2) is 110 Å². The van der Waals surface area contributed by atoms with E-state index in [1.165, 1.54) is 9.62 Å². The highest BCUT2D eigenvalue weighted by atomic mass is 32.2. The molecule has 5 aliphatic carbocycles. The molecule has 14 atom stereocenters. The molecule has 0 bridgehead atoms. The minimum atomic E-state index is -5.63. The lowest BCUT2D eigenvalue weighted by Gasteiger charge is -2.64. The van der Waals surface area contributed by atoms with E-state index in [1.807, 2.05) is 6.92 Å². The molecule has 7 aliphatic rings. The van der Waals surface area contributed by atoms with Gasteiger partial charge in [0.2, 0.25) is 5.91 Å². The van der Waals surface area contributed by atoms with Crippen molar-refractivity contribution in [2.75, 3.05) is 32.8 Å². The van der Waals surface area contributed by atoms with E-state index in [2.05, 4.69) is 34.6 Å². The van der Waals surface area contributed by atoms with Crippen molar-refractivity contribution in [1.29, 1.82) is 0 Å². The summed E-state index contributed by atoms with van der Waals surface area (Å²) < 4.78 is 88.2. The van der Waals surface area contributed by atoms with Crippen LogP contribution in [0.15, 0.2) is 0 Å². The summed E-state index contributed by atoms with van der Waals surface area (Å²) >= 11 is 0. The maximum atomic E-state index is 12.8. The summed E-state index contributed by atoms with van der Waals surface area (Å²) in [4.78, 5) is 14.0. The van der Waals surface area contributed by atoms with Crippen LogP contribution >= 0.6 is 0 Å². The number of nitrogens with zero attached hydrogens (tertiary/aromatic N) is 1. The Hall–Kier alpha value is -1.07. The summed E-state index contributed by atoms with van der Waals surface area (Å²) in [5.74, 6) is 0.451. The third-order valence-corrected chi connectivity index (χ3v) is 17.7. The van der Waals surface area contributed by atoms with E-state index in [0.29, 0.717) is 24.4 Å². The maximum absolute atomic E-state index is 12.8. The van der Waals surface area contributed by atoms with Crippen LogP contribution in [0.3, 0.4) is 0 Å². The quantitative estimate of drug-likeness (QED) is 0.295. The predicted octanol–water partition coefficient (Wildman–Crippen LogP) is 4.99. The van der Waals surface area contributed by atoms with Crippen molar-refractivity contribution < 1.29 is 55.5 Å². The topological polar surface area (TPSA) is 144 Å². The van der Waals surface area contributed by atoms with E-state index < -0.39 is 52.1 Å². The van der Waals surface area contributed by atoms with Crippen molar-refractivity contribution in [3.63, 3.8) is 0 Å². The van der Waals surface area contributed by atoms with Gasteiger partial charge >= 0.3 is 15.5 Å². The standard InChI is InChI=1S/C39H63F3N2O9S/c1-9-50-32(34(5,6)47)23-18-22(2)29-30(52-23)31(46)36(8)25-11-10-24-33(3,4)26(12-13-37(24)21-38(25,37)15-14-35(29,36)7)53-28-20-44(16-17-51-28)27(45)19-43-54(48,49)39(40,41)42/h22-26,28-32,43,46-47H,9-21H2,1-8H3/t22-,23-,24+,25+,26+,28+,29+,30+,31+,32+,35-,36-,37?,38?/m1/s1. The van der Waals surface area contributed by atoms with Gasteiger partial charge in [0.05, 0.1) is 49.7 Å². The van der Waals surface area contributed by atoms with Crippen molar-refractivity contribution in [1.82, 2.24) is 9.62 Å². The number of hydrogen-bond acceptors (Lipinski definition) is 9. The first-order valence-corrected chi connectivity index (χ1v) is 21.7. The maximum Gasteiger partial charge on any atom is 0.511 e. The Balaban J connectivity index is 1.05. The Labute approximate surface area is 318 Å². The molecule has 0 radical (unpaired) electrons. The molecule has 0 aromatic carbocycles. The van der Waals surface area contributed by atoms with E-state index in [-0.39, 0.29) is 71.0 Å². The zero-order valence-corrected chi connectivity index (χ0v) is 34.0. The van der Waals surface area contributed by atoms with Gasteiger partial charge < -0.3 is 34.1 Å². The van der Waals surface area contributed by atoms with E-state index >= 15 is 0 Å². The molecule has 2 spiro atoms. The highest BCUT2D eigenvalue weighted by molar-refractivity contribution is 7.90. The van der Waals surface area contributed by atoms with Crippen molar-refractivity contribution >= 4 is 15.9 Å². The average Bonchev–Trinajstić information content (AvgIpc) is 3.71. The monoisotopic (exact) mass is 792 g/mol. The third kappa shape index (κ3) is 5.88. The number of rotatable bonds is 9. The van der Waals surface area contributed by atoms with E-state index in [1.54, 1.807) is 13.8 Å². The van der Waals surface area contributed by atoms with Crippen molar-refractivity contribution in [2.45, 2.75) is 155 Å². The van der Waals surface area contributed by atoms with Gasteiger partial charge in [-0.05, 0) is 117 Å². The molecule has 0 aromatic rings. The number of fused-ring (bicyclic) bond motifs is 4. The SMILES string of the molecule is CCO[C@@H]([C@H]1C[C@@H](C)[C@H]2[C@H](O1)[C@H](O)[C@@]1(C)[C@@H]3CC[C@H]4C(C)(C)[C@@H](O[C@H]5CN(C(=O)CNS(=O)(=O)C(F)(F)F)CCO5)CCC45CC35CC[C@]21C)C(C)(C)O. The number of aliphatic hydroxyl groups is 2. The fourth-order valence-electron chi connectivity index (χ4n) is 14.2. The van der Waals surface area contributed by atoms with E-state index in [0.717, 1.165) is 51.4 Å². The highest BCUT2D eigenvalue weighted by Crippen LogP contribution is 2.89. The molecule has 3 N–H and O–H groups in total. The predicted molar refractivity (Wildman–Crippen MR) is 192 cm³/mol. The smallest absolute Gasteiger partial charge is 0.390 e. The van der Waals surface area contributed by atoms with E-state index in [9.17, 15) is 36.6 Å². The number of ether oxygens (including phenoxy) is 4. The fraction of sp³-hybridized carbons (Fsp3) is 0.974. The largest absolute Gasteiger partial charge is 0.511 e. The molecule has 7 fully saturated rings. The number of nitrogens with one attached hydrogen (secondary N) is 1. The lowest BCUT2D eigenvalue weighted by molar-refractivity contribution is -0.248. The molecular formula is C39H63F3N2O9S. The number of alkyl halides is 3. The van der Waals surface area contributed by atoms with Gasteiger partial charge in [0.25, 0.3) is 0 Å². The van der Waals surface area contributed by atoms with Crippen LogP contribution in [-0.2, 0) is 33.8 Å². The molecule has 2 aliphatic heterocycles. The zero-order valence-electron chi connectivity index (χ0n) is 33.2. The summed E-state index contributed by atoms with van der Waals surface area (Å²) in [5.41, 5.74) is -7.00. The number of hydrogen-bond donors (Lipinski definition) is 3. The number of sulfonamides is 1. The second kappa shape index (κ2) is 13.2. The van der Waals surface area contributed by atoms with Crippen LogP contribution in [0.25, 0.3) is 0 Å². The first-order valence-electron chi connectivity index (χ1n) is 20.2. The van der Waals surface area contributed by atoms with Gasteiger partial charge in [-0.3, -0.25) is 4.79 Å². The number of aliphatic hydroxyl groups excluding tert-OH is 1. The molecule has 0 aromatic heterocycles. The Morgan fingerprint density at radius 2 is 1.72 bits per heavy atom. The summed E-state index contributed by atoms with van der Waals surface area (Å²) in [7, 11) is -5.63. The second-order valence-corrected chi connectivity index (χ2v) is 21.4. The molecule has 2 unspecified atom stereocenters. The van der Waals surface area contributed by atoms with Crippen LogP contribution in [0.1, 0.15) is 107 Å². The molecule has 1 amide bonds. The van der Waals surface area contributed by atoms with Gasteiger partial charge in [0, 0.05) is 18.6 Å². The van der Waals surface area contributed by atoms with Crippen molar-refractivity contribution in [3.8, 4) is 0 Å². The first kappa shape index (κ1) is 41.1. The summed E-state index contributed by atoms with van der Waals surface area (Å²) in [6.07, 6.45) is 5.17. The van der Waals surface area contributed by atoms with Gasteiger partial charge in [0.1, 0.15) is 6.10 Å². The van der Waals surface area contributed by atoms with Gasteiger partial charge in [0.15, 0.2) is 6.29 Å². The molecule has 54 heavy (non-hydrogen) atoms. The second-order valence-electron chi connectivity index (χ2n) is 19.6. The summed E-state index contributed by atoms with van der Waals surface area (Å²) in [6, 6.07) is 0. The van der Waals surface area contributed by atoms with E-state index in [4.69, 9.17) is 18.9 Å². The van der Waals surface area contributed by atoms with Gasteiger partial charge in [-0.15, -0.1) is 0 Å². The summed E-state index contributed by atoms with van der Waals surface area (Å²) in [6.45, 7) is 16.8. The van der Waals surface area contributed by atoms with Gasteiger partial charge in [-0.25, -0.2) is 8.42 Å². The molecule has 7 rings (SSSR count). The third-order valence-electron chi connectivity index (χ3n) is 16.6. The molecule has 5 saturated carbocycles. The Morgan fingerprint density at radius 3 is 2.37 bits per heavy atom. The number of carbonyl (C=O) groups excluding carboxylic acids is 1. The van der Waals surface area contributed by atoms with Crippen molar-refractivity contribution in [3.05, 3.63) is 0 Å². The van der Waals surface area contributed by atoms with Crippen LogP contribution < -0.4 is 4.72 Å². The van der Waals surface area contributed by atoms with Gasteiger partial charge in [-0.2, -0.15) is 17.9 Å². The Morgan fingerprint density at radius 1 is 1.06 bits per heavy atom. The number of morpholine rings is 1. The molecule has 2 heterocycles. The molecule has 15 heteroatoms. The van der Waals surface area contributed by atoms with Crippen LogP contribution in [0.2, 0.25) is 0 Å². The van der Waals surface area contributed by atoms with Crippen LogP contribution in [0.4, 0.5) is 13.2 Å². The minimum Gasteiger partial charge on any atom is -0.390 e. The molecule has 11 nitrogen and oxygen atoms in total. The zero-order chi connectivity index (χ0) is 39.7. The van der Waals surface area contributed by atoms with Crippen LogP contribution in [0, 0.1) is 50.7 Å². The highest BCUT2D eigenvalue weighted by Gasteiger charge is 2.84. The number of amides is 1. The molecular weight excluding hydrogens is 729 g/mol. The normalized spacial score (nSPS) is 46.4. The average molecular weight is 793 g/mol. The lowest BCUT2D eigenvalue weighted by Crippen LogP contribution is -2.60. The number of carbonyl (C=O) groups is 1. The Bertz CT molecular complexity index is 1570. The van der Waals surface area contributed by atoms with Crippen molar-refractivity contribution in [2.24, 2.45) is 50.7 Å². The van der Waals surface area contributed by atoms with Crippen LogP contribution in [0.5, 0.6) is 0 Å². The summed E-state index contributed by atoms with van der Waals surface area (Å²) in [5, 5.41) is 23.6.